The highest BCUT2D eigenvalue weighted by atomic mass is 16.5. The fourth-order valence-corrected chi connectivity index (χ4v) is 4.27. The molecule has 36 heavy (non-hydrogen) atoms. The van der Waals surface area contributed by atoms with Crippen molar-refractivity contribution in [3.05, 3.63) is 29.3 Å². The van der Waals surface area contributed by atoms with E-state index in [-0.39, 0.29) is 48.2 Å². The molecule has 1 aromatic rings. The van der Waals surface area contributed by atoms with Crippen molar-refractivity contribution in [2.75, 3.05) is 19.7 Å². The normalized spacial score (nSPS) is 18.1. The molecule has 0 bridgehead atoms. The molecule has 0 aromatic heterocycles. The van der Waals surface area contributed by atoms with Gasteiger partial charge in [0, 0.05) is 13.0 Å². The van der Waals surface area contributed by atoms with E-state index in [9.17, 15) is 28.8 Å². The average molecular weight is 501 g/mol. The number of rotatable bonds is 13. The minimum absolute atomic E-state index is 0.00476. The van der Waals surface area contributed by atoms with Crippen LogP contribution in [0.25, 0.3) is 0 Å². The summed E-state index contributed by atoms with van der Waals surface area (Å²) in [6, 6.07) is 3.22. The molecule has 2 aliphatic rings. The molecule has 2 heterocycles. The van der Waals surface area contributed by atoms with Crippen molar-refractivity contribution in [1.82, 2.24) is 20.9 Å². The second kappa shape index (κ2) is 12.4. The van der Waals surface area contributed by atoms with Crippen LogP contribution < -0.4 is 20.7 Å². The topological polar surface area (TPSA) is 151 Å². The SMILES string of the molecule is CCCN[C@@H](CCCCNC(=O)COc1cccc2c1C(=O)N(C1CCC(=O)NC1=O)C2=O)C(C)=O. The lowest BCUT2D eigenvalue weighted by atomic mass is 10.0. The van der Waals surface area contributed by atoms with Crippen LogP contribution in [0.3, 0.4) is 0 Å². The number of carbonyl (C=O) groups is 6. The third-order valence-corrected chi connectivity index (χ3v) is 6.16. The third-order valence-electron chi connectivity index (χ3n) is 6.16. The van der Waals surface area contributed by atoms with Gasteiger partial charge in [-0.15, -0.1) is 0 Å². The van der Waals surface area contributed by atoms with Gasteiger partial charge in [-0.2, -0.15) is 0 Å². The molecule has 2 atom stereocenters. The van der Waals surface area contributed by atoms with E-state index in [2.05, 4.69) is 16.0 Å². The molecule has 5 amide bonds. The van der Waals surface area contributed by atoms with Crippen molar-refractivity contribution in [3.8, 4) is 5.75 Å². The predicted molar refractivity (Wildman–Crippen MR) is 128 cm³/mol. The number of ether oxygens (including phenoxy) is 1. The van der Waals surface area contributed by atoms with Gasteiger partial charge in [-0.05, 0) is 57.7 Å². The highest BCUT2D eigenvalue weighted by Gasteiger charge is 2.46. The monoisotopic (exact) mass is 500 g/mol. The van der Waals surface area contributed by atoms with Crippen LogP contribution in [0.15, 0.2) is 18.2 Å². The largest absolute Gasteiger partial charge is 0.483 e. The lowest BCUT2D eigenvalue weighted by Crippen LogP contribution is -2.54. The van der Waals surface area contributed by atoms with Crippen LogP contribution >= 0.6 is 0 Å². The first-order valence-corrected chi connectivity index (χ1v) is 12.2. The minimum atomic E-state index is -1.08. The van der Waals surface area contributed by atoms with Crippen molar-refractivity contribution in [2.24, 2.45) is 0 Å². The van der Waals surface area contributed by atoms with Crippen LogP contribution in [0.2, 0.25) is 0 Å². The number of hydrogen-bond donors (Lipinski definition) is 3. The van der Waals surface area contributed by atoms with Crippen molar-refractivity contribution < 1.29 is 33.5 Å². The van der Waals surface area contributed by atoms with E-state index >= 15 is 0 Å². The first kappa shape index (κ1) is 27.0. The molecule has 1 fully saturated rings. The molecule has 0 radical (unpaired) electrons. The van der Waals surface area contributed by atoms with Gasteiger partial charge in [-0.3, -0.25) is 39.0 Å². The maximum atomic E-state index is 13.0. The van der Waals surface area contributed by atoms with Crippen molar-refractivity contribution >= 4 is 35.3 Å². The second-order valence-electron chi connectivity index (χ2n) is 8.88. The number of benzene rings is 1. The quantitative estimate of drug-likeness (QED) is 0.265. The summed E-state index contributed by atoms with van der Waals surface area (Å²) in [4.78, 5) is 74.3. The Labute approximate surface area is 209 Å². The Morgan fingerprint density at radius 3 is 2.61 bits per heavy atom. The Morgan fingerprint density at radius 2 is 1.92 bits per heavy atom. The summed E-state index contributed by atoms with van der Waals surface area (Å²) in [7, 11) is 0. The molecule has 1 saturated heterocycles. The Kier molecular flexibility index (Phi) is 9.29. The van der Waals surface area contributed by atoms with Crippen LogP contribution in [-0.4, -0.2) is 72.0 Å². The van der Waals surface area contributed by atoms with Gasteiger partial charge in [0.05, 0.1) is 17.2 Å². The number of hydrogen-bond acceptors (Lipinski definition) is 8. The van der Waals surface area contributed by atoms with Gasteiger partial charge in [0.2, 0.25) is 11.8 Å². The summed E-state index contributed by atoms with van der Waals surface area (Å²) in [5, 5.41) is 8.10. The fraction of sp³-hybridized carbons (Fsp3) is 0.520. The molecular weight excluding hydrogens is 468 g/mol. The first-order chi connectivity index (χ1) is 17.2. The summed E-state index contributed by atoms with van der Waals surface area (Å²) in [5.74, 6) is -2.71. The minimum Gasteiger partial charge on any atom is -0.483 e. The van der Waals surface area contributed by atoms with E-state index < -0.39 is 35.6 Å². The molecule has 0 saturated carbocycles. The number of carbonyl (C=O) groups excluding carboxylic acids is 6. The molecule has 194 valence electrons. The molecule has 3 N–H and O–H groups in total. The summed E-state index contributed by atoms with van der Waals surface area (Å²) in [5.41, 5.74) is 0.0779. The highest BCUT2D eigenvalue weighted by Crippen LogP contribution is 2.33. The van der Waals surface area contributed by atoms with E-state index in [1.807, 2.05) is 6.92 Å². The molecule has 1 unspecified atom stereocenters. The van der Waals surface area contributed by atoms with Crippen molar-refractivity contribution in [3.63, 3.8) is 0 Å². The predicted octanol–water partition coefficient (Wildman–Crippen LogP) is 0.710. The number of amides is 5. The molecule has 11 heteroatoms. The summed E-state index contributed by atoms with van der Waals surface area (Å²) in [6.07, 6.45) is 3.17. The number of nitrogens with one attached hydrogen (secondary N) is 3. The van der Waals surface area contributed by atoms with Crippen molar-refractivity contribution in [1.29, 1.82) is 0 Å². The van der Waals surface area contributed by atoms with E-state index in [1.165, 1.54) is 18.2 Å². The van der Waals surface area contributed by atoms with Gasteiger partial charge < -0.3 is 15.4 Å². The van der Waals surface area contributed by atoms with Crippen LogP contribution in [0.5, 0.6) is 5.75 Å². The molecule has 0 aliphatic carbocycles. The molecule has 3 rings (SSSR count). The Bertz CT molecular complexity index is 1050. The summed E-state index contributed by atoms with van der Waals surface area (Å²) in [6.45, 7) is 4.43. The number of Topliss-reactive ketones (excluding diaryl/α,β-unsaturated/α-hetero) is 1. The first-order valence-electron chi connectivity index (χ1n) is 12.2. The lowest BCUT2D eigenvalue weighted by molar-refractivity contribution is -0.136. The number of imide groups is 2. The van der Waals surface area contributed by atoms with Crippen LogP contribution in [0.4, 0.5) is 0 Å². The Morgan fingerprint density at radius 1 is 1.14 bits per heavy atom. The van der Waals surface area contributed by atoms with Crippen LogP contribution in [0.1, 0.15) is 73.1 Å². The van der Waals surface area contributed by atoms with Gasteiger partial charge in [0.25, 0.3) is 17.7 Å². The molecule has 1 aromatic carbocycles. The molecular formula is C25H32N4O7. The van der Waals surface area contributed by atoms with Crippen LogP contribution in [-0.2, 0) is 19.2 Å². The van der Waals surface area contributed by atoms with E-state index in [1.54, 1.807) is 6.92 Å². The summed E-state index contributed by atoms with van der Waals surface area (Å²) >= 11 is 0. The molecule has 11 nitrogen and oxygen atoms in total. The Balaban J connectivity index is 1.50. The zero-order chi connectivity index (χ0) is 26.2. The number of ketones is 1. The number of unbranched alkanes of at least 4 members (excludes halogenated alkanes) is 1. The van der Waals surface area contributed by atoms with Gasteiger partial charge in [0.1, 0.15) is 17.6 Å². The number of piperidine rings is 1. The number of nitrogens with zero attached hydrogens (tertiary/aromatic N) is 1. The van der Waals surface area contributed by atoms with Gasteiger partial charge in [0.15, 0.2) is 6.61 Å². The maximum Gasteiger partial charge on any atom is 0.266 e. The second-order valence-corrected chi connectivity index (χ2v) is 8.88. The molecule has 2 aliphatic heterocycles. The van der Waals surface area contributed by atoms with Crippen LogP contribution in [0, 0.1) is 0 Å². The van der Waals surface area contributed by atoms with Crippen molar-refractivity contribution in [2.45, 2.75) is 64.5 Å². The fourth-order valence-electron chi connectivity index (χ4n) is 4.27. The number of fused-ring (bicyclic) bond motifs is 1. The lowest BCUT2D eigenvalue weighted by Gasteiger charge is -2.27. The van der Waals surface area contributed by atoms with Gasteiger partial charge >= 0.3 is 0 Å². The standard InChI is InChI=1S/C25H32N4O7/c1-3-12-26-17(15(2)30)8-4-5-13-27-21(32)14-36-19-9-6-7-16-22(19)25(35)29(24(16)34)18-10-11-20(31)28-23(18)33/h6-7,9,17-18,26H,3-5,8,10-14H2,1-2H3,(H,27,32)(H,28,31,33)/t17-,18?/m0/s1. The maximum absolute atomic E-state index is 13.0. The smallest absolute Gasteiger partial charge is 0.266 e. The Hall–Kier alpha value is -3.60. The van der Waals surface area contributed by atoms with E-state index in [0.29, 0.717) is 19.4 Å². The van der Waals surface area contributed by atoms with Gasteiger partial charge in [-0.1, -0.05) is 13.0 Å². The molecule has 0 spiro atoms. The summed E-state index contributed by atoms with van der Waals surface area (Å²) < 4.78 is 5.56. The van der Waals surface area contributed by atoms with E-state index in [0.717, 1.165) is 24.3 Å². The average Bonchev–Trinajstić information content (AvgIpc) is 3.09. The van der Waals surface area contributed by atoms with Gasteiger partial charge in [-0.25, -0.2) is 0 Å². The zero-order valence-electron chi connectivity index (χ0n) is 20.6. The van der Waals surface area contributed by atoms with E-state index in [4.69, 9.17) is 4.74 Å². The third kappa shape index (κ3) is 6.34. The zero-order valence-corrected chi connectivity index (χ0v) is 20.6. The highest BCUT2D eigenvalue weighted by molar-refractivity contribution is 6.24.